The Morgan fingerprint density at radius 3 is 1.88 bits per heavy atom. The summed E-state index contributed by atoms with van der Waals surface area (Å²) in [4.78, 5) is 8.50. The van der Waals surface area contributed by atoms with Crippen LogP contribution in [0.2, 0.25) is 0 Å². The van der Waals surface area contributed by atoms with Crippen molar-refractivity contribution in [2.24, 2.45) is 0 Å². The van der Waals surface area contributed by atoms with Gasteiger partial charge in [0.1, 0.15) is 12.1 Å². The Bertz CT molecular complexity index is 48.5. The van der Waals surface area contributed by atoms with Gasteiger partial charge in [0.05, 0.1) is 0 Å². The first kappa shape index (κ1) is 8.89. The Labute approximate surface area is 58.5 Å². The minimum atomic E-state index is -1.84. The van der Waals surface area contributed by atoms with E-state index in [1.807, 2.05) is 0 Å². The molecule has 8 heavy (non-hydrogen) atoms. The molecule has 0 saturated carbocycles. The van der Waals surface area contributed by atoms with Gasteiger partial charge in [-0.1, -0.05) is 23.2 Å². The van der Waals surface area contributed by atoms with Crippen molar-refractivity contribution in [2.75, 3.05) is 12.1 Å². The topological polar surface area (TPSA) is 38.7 Å². The highest BCUT2D eigenvalue weighted by Gasteiger charge is 2.02. The molecule has 1 N–H and O–H groups in total. The van der Waals surface area contributed by atoms with E-state index in [9.17, 15) is 0 Å². The Hall–Kier alpha value is 0.890. The third-order valence-corrected chi connectivity index (χ3v) is 1.54. The van der Waals surface area contributed by atoms with Gasteiger partial charge in [-0.25, -0.2) is 0 Å². The highest BCUT2D eigenvalue weighted by molar-refractivity contribution is 7.40. The Kier molecular flexibility index (Phi) is 6.69. The van der Waals surface area contributed by atoms with E-state index in [4.69, 9.17) is 28.1 Å². The lowest BCUT2D eigenvalue weighted by molar-refractivity contribution is 0.250. The van der Waals surface area contributed by atoms with E-state index >= 15 is 0 Å². The molecule has 0 aromatic rings. The lowest BCUT2D eigenvalue weighted by atomic mass is 11.7. The van der Waals surface area contributed by atoms with Crippen LogP contribution in [0.5, 0.6) is 0 Å². The summed E-state index contributed by atoms with van der Waals surface area (Å²) < 4.78 is 8.72. The fourth-order valence-electron chi connectivity index (χ4n) is 0.121. The molecule has 0 aliphatic carbocycles. The van der Waals surface area contributed by atoms with E-state index in [1.165, 1.54) is 0 Å². The van der Waals surface area contributed by atoms with E-state index in [-0.39, 0.29) is 12.1 Å². The monoisotopic (exact) mass is 178 g/mol. The molecule has 0 unspecified atom stereocenters. The maximum Gasteiger partial charge on any atom is 0.332 e. The van der Waals surface area contributed by atoms with Crippen LogP contribution in [0.4, 0.5) is 0 Å². The first-order valence-corrected chi connectivity index (χ1v) is 3.88. The predicted molar refractivity (Wildman–Crippen MR) is 32.7 cm³/mol. The number of rotatable bonds is 4. The molecule has 0 radical (unpaired) electrons. The molecule has 0 saturated heterocycles. The summed E-state index contributed by atoms with van der Waals surface area (Å²) in [6.07, 6.45) is 0. The molecular weight excluding hydrogens is 174 g/mol. The third-order valence-electron chi connectivity index (χ3n) is 0.318. The van der Waals surface area contributed by atoms with Gasteiger partial charge in [0.2, 0.25) is 0 Å². The van der Waals surface area contributed by atoms with Gasteiger partial charge in [0, 0.05) is 0 Å². The standard InChI is InChI=1S/C2H5Cl2O3P/c3-1-6-8(5)7-2-4/h5H,1-2H2. The van der Waals surface area contributed by atoms with Crippen LogP contribution in [0.1, 0.15) is 0 Å². The van der Waals surface area contributed by atoms with Gasteiger partial charge in [0.25, 0.3) is 0 Å². The molecule has 0 aliphatic rings. The zero-order chi connectivity index (χ0) is 6.41. The summed E-state index contributed by atoms with van der Waals surface area (Å²) in [7, 11) is -1.84. The van der Waals surface area contributed by atoms with Gasteiger partial charge in [0.15, 0.2) is 0 Å². The molecule has 0 aromatic carbocycles. The van der Waals surface area contributed by atoms with E-state index in [0.29, 0.717) is 0 Å². The maximum atomic E-state index is 8.50. The maximum absolute atomic E-state index is 8.50. The summed E-state index contributed by atoms with van der Waals surface area (Å²) in [6.45, 7) is 0. The third kappa shape index (κ3) is 5.04. The second-order valence-electron chi connectivity index (χ2n) is 0.714. The first-order valence-electron chi connectivity index (χ1n) is 1.68. The van der Waals surface area contributed by atoms with Crippen LogP contribution in [0, 0.1) is 0 Å². The van der Waals surface area contributed by atoms with Gasteiger partial charge in [-0.15, -0.1) is 0 Å². The molecule has 3 nitrogen and oxygen atoms in total. The number of hydrogen-bond donors (Lipinski definition) is 1. The van der Waals surface area contributed by atoms with Gasteiger partial charge in [-0.3, -0.25) is 9.05 Å². The molecule has 0 heterocycles. The second-order valence-corrected chi connectivity index (χ2v) is 2.14. The summed E-state index contributed by atoms with van der Waals surface area (Å²) in [5.41, 5.74) is 0. The summed E-state index contributed by atoms with van der Waals surface area (Å²) >= 11 is 10.1. The van der Waals surface area contributed by atoms with Crippen molar-refractivity contribution in [3.63, 3.8) is 0 Å². The van der Waals surface area contributed by atoms with Crippen LogP contribution in [-0.4, -0.2) is 17.0 Å². The quantitative estimate of drug-likeness (QED) is 0.526. The Morgan fingerprint density at radius 1 is 1.25 bits per heavy atom. The van der Waals surface area contributed by atoms with Gasteiger partial charge < -0.3 is 4.89 Å². The largest absolute Gasteiger partial charge is 0.332 e. The number of hydrogen-bond acceptors (Lipinski definition) is 3. The van der Waals surface area contributed by atoms with Crippen molar-refractivity contribution in [1.29, 1.82) is 0 Å². The lowest BCUT2D eigenvalue weighted by Crippen LogP contribution is -1.84. The van der Waals surface area contributed by atoms with Crippen LogP contribution < -0.4 is 0 Å². The van der Waals surface area contributed by atoms with Crippen LogP contribution in [-0.2, 0) is 9.05 Å². The normalized spacial score (nSPS) is 10.5. The highest BCUT2D eigenvalue weighted by atomic mass is 35.5. The van der Waals surface area contributed by atoms with E-state index in [2.05, 4.69) is 9.05 Å². The minimum Gasteiger partial charge on any atom is -0.328 e. The van der Waals surface area contributed by atoms with Crippen molar-refractivity contribution >= 4 is 31.8 Å². The molecule has 0 spiro atoms. The van der Waals surface area contributed by atoms with Crippen LogP contribution in [0.25, 0.3) is 0 Å². The Balaban J connectivity index is 2.92. The summed E-state index contributed by atoms with van der Waals surface area (Å²) in [5, 5.41) is 0. The fraction of sp³-hybridized carbons (Fsp3) is 1.00. The molecule has 0 aliphatic heterocycles. The Morgan fingerprint density at radius 2 is 1.62 bits per heavy atom. The lowest BCUT2D eigenvalue weighted by Gasteiger charge is -2.03. The van der Waals surface area contributed by atoms with E-state index < -0.39 is 8.60 Å². The fourth-order valence-corrected chi connectivity index (χ4v) is 0.863. The smallest absolute Gasteiger partial charge is 0.328 e. The van der Waals surface area contributed by atoms with Crippen molar-refractivity contribution in [3.8, 4) is 0 Å². The van der Waals surface area contributed by atoms with Crippen molar-refractivity contribution in [2.45, 2.75) is 0 Å². The number of halogens is 2. The van der Waals surface area contributed by atoms with Crippen molar-refractivity contribution < 1.29 is 13.9 Å². The molecular formula is C2H5Cl2O3P. The highest BCUT2D eigenvalue weighted by Crippen LogP contribution is 2.32. The van der Waals surface area contributed by atoms with E-state index in [0.717, 1.165) is 0 Å². The zero-order valence-electron chi connectivity index (χ0n) is 3.88. The number of alkyl halides is 2. The van der Waals surface area contributed by atoms with Gasteiger partial charge in [-0.05, 0) is 0 Å². The molecule has 0 aromatic heterocycles. The zero-order valence-corrected chi connectivity index (χ0v) is 6.29. The molecule has 0 rings (SSSR count). The molecule has 0 bridgehead atoms. The molecule has 0 fully saturated rings. The van der Waals surface area contributed by atoms with Crippen molar-refractivity contribution in [1.82, 2.24) is 0 Å². The van der Waals surface area contributed by atoms with Crippen LogP contribution in [0.3, 0.4) is 0 Å². The SMILES string of the molecule is OP(OCCl)OCCl. The minimum absolute atomic E-state index is 0.0842. The average molecular weight is 179 g/mol. The summed E-state index contributed by atoms with van der Waals surface area (Å²) in [5.74, 6) is 0. The predicted octanol–water partition coefficient (Wildman–Crippen LogP) is 1.63. The first-order chi connectivity index (χ1) is 3.81. The summed E-state index contributed by atoms with van der Waals surface area (Å²) in [6, 6.07) is -0.168. The second kappa shape index (κ2) is 6.02. The van der Waals surface area contributed by atoms with E-state index in [1.54, 1.807) is 0 Å². The van der Waals surface area contributed by atoms with Crippen LogP contribution in [0.15, 0.2) is 0 Å². The van der Waals surface area contributed by atoms with Crippen LogP contribution >= 0.6 is 31.8 Å². The molecule has 0 atom stereocenters. The average Bonchev–Trinajstić information content (AvgIpc) is 1.68. The molecule has 6 heteroatoms. The molecule has 0 amide bonds. The van der Waals surface area contributed by atoms with Crippen molar-refractivity contribution in [3.05, 3.63) is 0 Å². The van der Waals surface area contributed by atoms with Gasteiger partial charge in [-0.2, -0.15) is 0 Å². The van der Waals surface area contributed by atoms with Gasteiger partial charge >= 0.3 is 8.60 Å². The molecule has 50 valence electrons.